The molecule has 0 radical (unpaired) electrons. The highest BCUT2D eigenvalue weighted by atomic mass is 32.1. The van der Waals surface area contributed by atoms with E-state index in [1.807, 2.05) is 11.3 Å². The Balaban J connectivity index is 1.84. The second-order valence-corrected chi connectivity index (χ2v) is 6.85. The molecule has 1 fully saturated rings. The summed E-state index contributed by atoms with van der Waals surface area (Å²) in [5.74, 6) is 0. The molecule has 2 atom stereocenters. The minimum Gasteiger partial charge on any atom is -0.343 e. The molecule has 5 heteroatoms. The van der Waals surface area contributed by atoms with Crippen molar-refractivity contribution in [1.29, 1.82) is 0 Å². The van der Waals surface area contributed by atoms with Gasteiger partial charge in [-0.2, -0.15) is 0 Å². The van der Waals surface area contributed by atoms with Crippen LogP contribution in [-0.4, -0.2) is 49.7 Å². The number of nitrogens with one attached hydrogen (secondary N) is 1. The van der Waals surface area contributed by atoms with Crippen LogP contribution in [0.4, 0.5) is 5.13 Å². The van der Waals surface area contributed by atoms with Gasteiger partial charge in [-0.15, -0.1) is 0 Å². The topological polar surface area (TPSA) is 31.4 Å². The van der Waals surface area contributed by atoms with Crippen molar-refractivity contribution < 1.29 is 0 Å². The molecule has 1 aromatic heterocycles. The second-order valence-electron chi connectivity index (χ2n) is 5.85. The monoisotopic (exact) mass is 280 g/mol. The Morgan fingerprint density at radius 3 is 2.95 bits per heavy atom. The van der Waals surface area contributed by atoms with Gasteiger partial charge in [0, 0.05) is 36.6 Å². The molecule has 0 bridgehead atoms. The fraction of sp³-hybridized carbons (Fsp3) is 0.786. The van der Waals surface area contributed by atoms with Crippen LogP contribution in [0.15, 0.2) is 0 Å². The number of likely N-dealkylation sites (N-methyl/N-ethyl adjacent to an activating group) is 1. The second kappa shape index (κ2) is 5.38. The molecule has 3 rings (SSSR count). The van der Waals surface area contributed by atoms with Crippen LogP contribution in [0.25, 0.3) is 0 Å². The number of fused-ring (bicyclic) bond motifs is 1. The number of thiazole rings is 1. The smallest absolute Gasteiger partial charge is 0.186 e. The van der Waals surface area contributed by atoms with Gasteiger partial charge in [-0.25, -0.2) is 4.98 Å². The Morgan fingerprint density at radius 2 is 2.21 bits per heavy atom. The van der Waals surface area contributed by atoms with Crippen LogP contribution in [0.3, 0.4) is 0 Å². The molecular weight excluding hydrogens is 256 g/mol. The maximum absolute atomic E-state index is 4.93. The van der Waals surface area contributed by atoms with Gasteiger partial charge in [0.05, 0.1) is 5.69 Å². The van der Waals surface area contributed by atoms with Gasteiger partial charge in [-0.3, -0.25) is 0 Å². The standard InChI is InChI=1S/C14H24N4S/c1-10-9-17(3)7-8-18(10)14-16-12-6-4-5-11(15-2)13(12)19-14/h10-11,15H,4-9H2,1-3H3. The van der Waals surface area contributed by atoms with Gasteiger partial charge in [0.25, 0.3) is 0 Å². The Bertz CT molecular complexity index is 445. The zero-order valence-corrected chi connectivity index (χ0v) is 13.0. The van der Waals surface area contributed by atoms with Gasteiger partial charge in [0.2, 0.25) is 0 Å². The molecule has 1 aromatic rings. The first kappa shape index (κ1) is 13.3. The summed E-state index contributed by atoms with van der Waals surface area (Å²) in [7, 11) is 4.27. The molecule has 1 aliphatic carbocycles. The number of hydrogen-bond donors (Lipinski definition) is 1. The average Bonchev–Trinajstić information content (AvgIpc) is 2.81. The van der Waals surface area contributed by atoms with Crippen molar-refractivity contribution in [2.24, 2.45) is 0 Å². The van der Waals surface area contributed by atoms with Crippen molar-refractivity contribution in [3.8, 4) is 0 Å². The van der Waals surface area contributed by atoms with E-state index in [2.05, 4.69) is 36.1 Å². The predicted molar refractivity (Wildman–Crippen MR) is 81.2 cm³/mol. The van der Waals surface area contributed by atoms with Crippen LogP contribution in [-0.2, 0) is 6.42 Å². The van der Waals surface area contributed by atoms with E-state index in [9.17, 15) is 0 Å². The van der Waals surface area contributed by atoms with E-state index in [0.29, 0.717) is 12.1 Å². The summed E-state index contributed by atoms with van der Waals surface area (Å²) < 4.78 is 0. The lowest BCUT2D eigenvalue weighted by Gasteiger charge is -2.38. The molecule has 0 aromatic carbocycles. The van der Waals surface area contributed by atoms with Crippen molar-refractivity contribution in [3.05, 3.63) is 10.6 Å². The lowest BCUT2D eigenvalue weighted by molar-refractivity contribution is 0.275. The van der Waals surface area contributed by atoms with E-state index >= 15 is 0 Å². The maximum Gasteiger partial charge on any atom is 0.186 e. The summed E-state index contributed by atoms with van der Waals surface area (Å²) in [5, 5.41) is 4.68. The summed E-state index contributed by atoms with van der Waals surface area (Å²) in [4.78, 5) is 11.3. The Kier molecular flexibility index (Phi) is 3.78. The van der Waals surface area contributed by atoms with Gasteiger partial charge < -0.3 is 15.1 Å². The van der Waals surface area contributed by atoms with Gasteiger partial charge in [-0.05, 0) is 40.3 Å². The van der Waals surface area contributed by atoms with Crippen molar-refractivity contribution in [2.45, 2.75) is 38.3 Å². The predicted octanol–water partition coefficient (Wildman–Crippen LogP) is 1.88. The van der Waals surface area contributed by atoms with E-state index in [1.165, 1.54) is 28.5 Å². The normalized spacial score (nSPS) is 28.5. The zero-order valence-electron chi connectivity index (χ0n) is 12.1. The summed E-state index contributed by atoms with van der Waals surface area (Å²) in [6.07, 6.45) is 3.68. The molecule has 19 heavy (non-hydrogen) atoms. The third kappa shape index (κ3) is 2.51. The average molecular weight is 280 g/mol. The van der Waals surface area contributed by atoms with E-state index in [4.69, 9.17) is 4.98 Å². The number of rotatable bonds is 2. The lowest BCUT2D eigenvalue weighted by atomic mass is 9.98. The Hall–Kier alpha value is -0.650. The summed E-state index contributed by atoms with van der Waals surface area (Å²) in [6, 6.07) is 1.09. The first-order valence-electron chi connectivity index (χ1n) is 7.31. The van der Waals surface area contributed by atoms with Crippen molar-refractivity contribution in [3.63, 3.8) is 0 Å². The van der Waals surface area contributed by atoms with Crippen molar-refractivity contribution >= 4 is 16.5 Å². The number of aryl methyl sites for hydroxylation is 1. The largest absolute Gasteiger partial charge is 0.343 e. The third-order valence-corrected chi connectivity index (χ3v) is 5.61. The third-order valence-electron chi connectivity index (χ3n) is 4.36. The molecule has 2 heterocycles. The van der Waals surface area contributed by atoms with Crippen LogP contribution in [0.2, 0.25) is 0 Å². The van der Waals surface area contributed by atoms with Gasteiger partial charge in [0.1, 0.15) is 0 Å². The van der Waals surface area contributed by atoms with Crippen LogP contribution < -0.4 is 10.2 Å². The van der Waals surface area contributed by atoms with Gasteiger partial charge in [-0.1, -0.05) is 11.3 Å². The van der Waals surface area contributed by atoms with Gasteiger partial charge >= 0.3 is 0 Å². The molecule has 1 N–H and O–H groups in total. The van der Waals surface area contributed by atoms with Crippen LogP contribution >= 0.6 is 11.3 Å². The number of anilines is 1. The quantitative estimate of drug-likeness (QED) is 0.896. The molecule has 4 nitrogen and oxygen atoms in total. The number of hydrogen-bond acceptors (Lipinski definition) is 5. The fourth-order valence-corrected chi connectivity index (χ4v) is 4.61. The highest BCUT2D eigenvalue weighted by Crippen LogP contribution is 2.38. The fourth-order valence-electron chi connectivity index (χ4n) is 3.23. The highest BCUT2D eigenvalue weighted by molar-refractivity contribution is 7.15. The van der Waals surface area contributed by atoms with Crippen LogP contribution in [0.1, 0.15) is 36.4 Å². The zero-order chi connectivity index (χ0) is 13.4. The highest BCUT2D eigenvalue weighted by Gasteiger charge is 2.28. The van der Waals surface area contributed by atoms with Crippen LogP contribution in [0.5, 0.6) is 0 Å². The molecule has 1 saturated heterocycles. The molecule has 106 valence electrons. The molecular formula is C14H24N4S. The van der Waals surface area contributed by atoms with E-state index in [0.717, 1.165) is 26.1 Å². The Labute approximate surface area is 119 Å². The summed E-state index contributed by atoms with van der Waals surface area (Å²) >= 11 is 1.91. The van der Waals surface area contributed by atoms with E-state index in [1.54, 1.807) is 0 Å². The maximum atomic E-state index is 4.93. The van der Waals surface area contributed by atoms with Crippen molar-refractivity contribution in [2.75, 3.05) is 38.6 Å². The van der Waals surface area contributed by atoms with Gasteiger partial charge in [0.15, 0.2) is 5.13 Å². The number of nitrogens with zero attached hydrogens (tertiary/aromatic N) is 3. The molecule has 1 aliphatic heterocycles. The Morgan fingerprint density at radius 1 is 1.37 bits per heavy atom. The molecule has 0 saturated carbocycles. The minimum atomic E-state index is 0.526. The summed E-state index contributed by atoms with van der Waals surface area (Å²) in [5.41, 5.74) is 1.34. The first-order valence-corrected chi connectivity index (χ1v) is 8.12. The first-order chi connectivity index (χ1) is 9.19. The summed E-state index contributed by atoms with van der Waals surface area (Å²) in [6.45, 7) is 5.70. The molecule has 0 amide bonds. The minimum absolute atomic E-state index is 0.526. The SMILES string of the molecule is CNC1CCCc2nc(N3CCN(C)CC3C)sc21. The molecule has 0 spiro atoms. The van der Waals surface area contributed by atoms with E-state index in [-0.39, 0.29) is 0 Å². The lowest BCUT2D eigenvalue weighted by Crippen LogP contribution is -2.50. The van der Waals surface area contributed by atoms with Crippen LogP contribution in [0, 0.1) is 0 Å². The molecule has 2 aliphatic rings. The number of aromatic nitrogens is 1. The number of piperazine rings is 1. The molecule has 2 unspecified atom stereocenters. The van der Waals surface area contributed by atoms with Crippen molar-refractivity contribution in [1.82, 2.24) is 15.2 Å². The van der Waals surface area contributed by atoms with E-state index < -0.39 is 0 Å².